The predicted molar refractivity (Wildman–Crippen MR) is 51.4 cm³/mol. The number of nitrogens with zero attached hydrogens (tertiary/aromatic N) is 1. The van der Waals surface area contributed by atoms with Crippen LogP contribution in [0.3, 0.4) is 0 Å². The van der Waals surface area contributed by atoms with Crippen molar-refractivity contribution in [1.82, 2.24) is 0 Å². The summed E-state index contributed by atoms with van der Waals surface area (Å²) >= 11 is 3.23. The lowest BCUT2D eigenvalue weighted by Gasteiger charge is -2.04. The summed E-state index contributed by atoms with van der Waals surface area (Å²) in [5.41, 5.74) is 0.566. The van der Waals surface area contributed by atoms with Crippen LogP contribution in [-0.2, 0) is 0 Å². The maximum Gasteiger partial charge on any atom is 0.120 e. The molecule has 0 fully saturated rings. The molecule has 0 radical (unpaired) electrons. The highest BCUT2D eigenvalue weighted by atomic mass is 79.9. The third-order valence-corrected chi connectivity index (χ3v) is 2.08. The molecular weight excluding hydrogens is 234 g/mol. The van der Waals surface area contributed by atoms with Gasteiger partial charge in [0, 0.05) is 4.47 Å². The van der Waals surface area contributed by atoms with Crippen molar-refractivity contribution in [2.45, 2.75) is 0 Å². The van der Waals surface area contributed by atoms with Crippen molar-refractivity contribution in [3.8, 4) is 11.8 Å². The zero-order chi connectivity index (χ0) is 9.68. The van der Waals surface area contributed by atoms with Crippen LogP contribution in [0.2, 0.25) is 0 Å². The number of hydrogen-bond donors (Lipinski definition) is 1. The standard InChI is InChI=1S/C9H8BrNO2/c10-9-5-8(13-4-3-12)2-1-7(9)6-11/h1-2,5,12H,3-4H2. The van der Waals surface area contributed by atoms with E-state index in [1.807, 2.05) is 6.07 Å². The van der Waals surface area contributed by atoms with Crippen molar-refractivity contribution in [3.63, 3.8) is 0 Å². The van der Waals surface area contributed by atoms with Crippen LogP contribution in [0.4, 0.5) is 0 Å². The van der Waals surface area contributed by atoms with E-state index in [0.29, 0.717) is 15.8 Å². The van der Waals surface area contributed by atoms with E-state index in [1.165, 1.54) is 0 Å². The van der Waals surface area contributed by atoms with Gasteiger partial charge in [-0.2, -0.15) is 5.26 Å². The molecule has 0 aliphatic rings. The quantitative estimate of drug-likeness (QED) is 0.877. The summed E-state index contributed by atoms with van der Waals surface area (Å²) < 4.78 is 5.85. The molecule has 0 aromatic heterocycles. The van der Waals surface area contributed by atoms with Crippen LogP contribution in [0.25, 0.3) is 0 Å². The summed E-state index contributed by atoms with van der Waals surface area (Å²) in [7, 11) is 0. The van der Waals surface area contributed by atoms with Gasteiger partial charge in [0.2, 0.25) is 0 Å². The summed E-state index contributed by atoms with van der Waals surface area (Å²) in [6.07, 6.45) is 0. The van der Waals surface area contributed by atoms with Crippen LogP contribution >= 0.6 is 15.9 Å². The fourth-order valence-electron chi connectivity index (χ4n) is 0.840. The first kappa shape index (κ1) is 10.0. The van der Waals surface area contributed by atoms with Crippen molar-refractivity contribution < 1.29 is 9.84 Å². The van der Waals surface area contributed by atoms with Gasteiger partial charge in [-0.3, -0.25) is 0 Å². The number of aliphatic hydroxyl groups excluding tert-OH is 1. The van der Waals surface area contributed by atoms with Crippen molar-refractivity contribution in [2.24, 2.45) is 0 Å². The minimum atomic E-state index is -0.0162. The van der Waals surface area contributed by atoms with Gasteiger partial charge in [-0.05, 0) is 34.1 Å². The van der Waals surface area contributed by atoms with E-state index in [-0.39, 0.29) is 13.2 Å². The molecule has 1 aromatic carbocycles. The summed E-state index contributed by atoms with van der Waals surface area (Å²) in [5, 5.41) is 17.1. The molecule has 1 aromatic rings. The lowest BCUT2D eigenvalue weighted by Crippen LogP contribution is -2.01. The number of rotatable bonds is 3. The van der Waals surface area contributed by atoms with E-state index in [0.717, 1.165) is 0 Å². The number of aliphatic hydroxyl groups is 1. The van der Waals surface area contributed by atoms with Gasteiger partial charge < -0.3 is 9.84 Å². The first-order valence-electron chi connectivity index (χ1n) is 3.71. The number of hydrogen-bond acceptors (Lipinski definition) is 3. The van der Waals surface area contributed by atoms with Crippen LogP contribution in [-0.4, -0.2) is 18.3 Å². The Kier molecular flexibility index (Phi) is 3.74. The first-order valence-corrected chi connectivity index (χ1v) is 4.50. The number of nitriles is 1. The van der Waals surface area contributed by atoms with Gasteiger partial charge in [0.25, 0.3) is 0 Å². The Morgan fingerprint density at radius 1 is 1.54 bits per heavy atom. The van der Waals surface area contributed by atoms with E-state index < -0.39 is 0 Å². The Labute approximate surface area is 84.7 Å². The van der Waals surface area contributed by atoms with E-state index in [1.54, 1.807) is 18.2 Å². The molecule has 3 nitrogen and oxygen atoms in total. The summed E-state index contributed by atoms with van der Waals surface area (Å²) in [4.78, 5) is 0. The molecule has 0 atom stereocenters. The van der Waals surface area contributed by atoms with Gasteiger partial charge in [-0.15, -0.1) is 0 Å². The van der Waals surface area contributed by atoms with Crippen LogP contribution in [0.1, 0.15) is 5.56 Å². The van der Waals surface area contributed by atoms with E-state index in [9.17, 15) is 0 Å². The average molecular weight is 242 g/mol. The first-order chi connectivity index (χ1) is 6.27. The highest BCUT2D eigenvalue weighted by Crippen LogP contribution is 2.22. The molecule has 0 unspecified atom stereocenters. The Hall–Kier alpha value is -1.05. The van der Waals surface area contributed by atoms with Crippen LogP contribution in [0, 0.1) is 11.3 Å². The third-order valence-electron chi connectivity index (χ3n) is 1.42. The lowest BCUT2D eigenvalue weighted by molar-refractivity contribution is 0.201. The van der Waals surface area contributed by atoms with Gasteiger partial charge in [0.15, 0.2) is 0 Å². The molecule has 1 rings (SSSR count). The molecule has 0 saturated heterocycles. The topological polar surface area (TPSA) is 53.2 Å². The second-order valence-corrected chi connectivity index (χ2v) is 3.18. The van der Waals surface area contributed by atoms with E-state index in [4.69, 9.17) is 15.1 Å². The molecular formula is C9H8BrNO2. The molecule has 68 valence electrons. The van der Waals surface area contributed by atoms with E-state index in [2.05, 4.69) is 15.9 Å². The maximum atomic E-state index is 8.62. The fourth-order valence-corrected chi connectivity index (χ4v) is 1.29. The monoisotopic (exact) mass is 241 g/mol. The molecule has 0 amide bonds. The summed E-state index contributed by atoms with van der Waals surface area (Å²) in [6.45, 7) is 0.246. The van der Waals surface area contributed by atoms with Crippen molar-refractivity contribution in [1.29, 1.82) is 5.26 Å². The van der Waals surface area contributed by atoms with Gasteiger partial charge in [0.1, 0.15) is 18.4 Å². The van der Waals surface area contributed by atoms with Crippen LogP contribution in [0.5, 0.6) is 5.75 Å². The molecule has 1 N–H and O–H groups in total. The maximum absolute atomic E-state index is 8.62. The third kappa shape index (κ3) is 2.72. The lowest BCUT2D eigenvalue weighted by atomic mass is 10.2. The van der Waals surface area contributed by atoms with Gasteiger partial charge in [0.05, 0.1) is 12.2 Å². The van der Waals surface area contributed by atoms with E-state index >= 15 is 0 Å². The molecule has 0 heterocycles. The highest BCUT2D eigenvalue weighted by Gasteiger charge is 2.00. The molecule has 13 heavy (non-hydrogen) atoms. The molecule has 0 bridgehead atoms. The minimum absolute atomic E-state index is 0.0162. The molecule has 0 saturated carbocycles. The molecule has 0 spiro atoms. The summed E-state index contributed by atoms with van der Waals surface area (Å²) in [6, 6.07) is 7.09. The summed E-state index contributed by atoms with van der Waals surface area (Å²) in [5.74, 6) is 0.639. The second-order valence-electron chi connectivity index (χ2n) is 2.33. The largest absolute Gasteiger partial charge is 0.491 e. The minimum Gasteiger partial charge on any atom is -0.491 e. The molecule has 0 aliphatic heterocycles. The second kappa shape index (κ2) is 4.85. The fraction of sp³-hybridized carbons (Fsp3) is 0.222. The van der Waals surface area contributed by atoms with Crippen molar-refractivity contribution >= 4 is 15.9 Å². The zero-order valence-corrected chi connectivity index (χ0v) is 8.41. The van der Waals surface area contributed by atoms with Gasteiger partial charge in [-0.1, -0.05) is 0 Å². The average Bonchev–Trinajstić information content (AvgIpc) is 2.15. The van der Waals surface area contributed by atoms with Gasteiger partial charge in [-0.25, -0.2) is 0 Å². The smallest absolute Gasteiger partial charge is 0.120 e. The number of ether oxygens (including phenoxy) is 1. The normalized spacial score (nSPS) is 9.31. The zero-order valence-electron chi connectivity index (χ0n) is 6.83. The predicted octanol–water partition coefficient (Wildman–Crippen LogP) is 1.69. The molecule has 0 aliphatic carbocycles. The molecule has 4 heteroatoms. The van der Waals surface area contributed by atoms with Crippen molar-refractivity contribution in [2.75, 3.05) is 13.2 Å². The van der Waals surface area contributed by atoms with Crippen LogP contribution < -0.4 is 4.74 Å². The Bertz CT molecular complexity index is 333. The van der Waals surface area contributed by atoms with Crippen molar-refractivity contribution in [3.05, 3.63) is 28.2 Å². The SMILES string of the molecule is N#Cc1ccc(OCCO)cc1Br. The van der Waals surface area contributed by atoms with Gasteiger partial charge >= 0.3 is 0 Å². The Balaban J connectivity index is 2.79. The van der Waals surface area contributed by atoms with Crippen LogP contribution in [0.15, 0.2) is 22.7 Å². The number of benzene rings is 1. The highest BCUT2D eigenvalue weighted by molar-refractivity contribution is 9.10. The Morgan fingerprint density at radius 2 is 2.31 bits per heavy atom. The number of halogens is 1. The Morgan fingerprint density at radius 3 is 2.85 bits per heavy atom.